The average Bonchev–Trinajstić information content (AvgIpc) is 3.59. The molecule has 0 atom stereocenters. The second kappa shape index (κ2) is 11.8. The number of rotatable bonds is 3. The molecule has 55 heavy (non-hydrogen) atoms. The van der Waals surface area contributed by atoms with Crippen LogP contribution in [-0.2, 0) is 0 Å². The lowest BCUT2D eigenvalue weighted by Gasteiger charge is -2.33. The molecule has 3 heteroatoms. The Morgan fingerprint density at radius 2 is 0.891 bits per heavy atom. The van der Waals surface area contributed by atoms with E-state index in [1.807, 2.05) is 11.8 Å². The standard InChI is InChI=1S/C52H32N2S/c1-2-12-34-29-37(24-21-33(34)11-1)54-49-19-9-10-20-51(49)55-52-31-36(23-28-50(52)54)35-22-27-48-46(30-35)44-17-7-8-18-47(44)53(48)38-25-26-43-41-15-4-3-13-39(41)40-14-5-6-16-42(40)45(43)32-38/h1-32H. The van der Waals surface area contributed by atoms with Gasteiger partial charge in [0.2, 0.25) is 0 Å². The van der Waals surface area contributed by atoms with Crippen LogP contribution in [0.5, 0.6) is 0 Å². The molecule has 1 aliphatic rings. The molecule has 0 spiro atoms. The zero-order valence-electron chi connectivity index (χ0n) is 29.8. The lowest BCUT2D eigenvalue weighted by atomic mass is 9.94. The van der Waals surface area contributed by atoms with Crippen LogP contribution >= 0.6 is 11.8 Å². The van der Waals surface area contributed by atoms with E-state index in [0.717, 1.165) is 0 Å². The third-order valence-corrected chi connectivity index (χ3v) is 12.6. The smallest absolute Gasteiger partial charge is 0.0602 e. The summed E-state index contributed by atoms with van der Waals surface area (Å²) in [5.41, 5.74) is 9.61. The van der Waals surface area contributed by atoms with E-state index in [9.17, 15) is 0 Å². The van der Waals surface area contributed by atoms with Crippen LogP contribution in [0.4, 0.5) is 17.1 Å². The van der Waals surface area contributed by atoms with E-state index in [2.05, 4.69) is 204 Å². The summed E-state index contributed by atoms with van der Waals surface area (Å²) in [7, 11) is 0. The van der Waals surface area contributed by atoms with Gasteiger partial charge in [-0.2, -0.15) is 0 Å². The van der Waals surface area contributed by atoms with Crippen LogP contribution in [0.25, 0.3) is 81.7 Å². The number of hydrogen-bond acceptors (Lipinski definition) is 2. The minimum atomic E-state index is 1.17. The highest BCUT2D eigenvalue weighted by atomic mass is 32.2. The Kier molecular flexibility index (Phi) is 6.60. The molecule has 10 aromatic carbocycles. The van der Waals surface area contributed by atoms with E-state index in [0.29, 0.717) is 0 Å². The minimum absolute atomic E-state index is 1.17. The van der Waals surface area contributed by atoms with E-state index >= 15 is 0 Å². The molecule has 2 nitrogen and oxygen atoms in total. The Labute approximate surface area is 322 Å². The van der Waals surface area contributed by atoms with Crippen molar-refractivity contribution in [1.29, 1.82) is 0 Å². The Balaban J connectivity index is 1.01. The molecule has 0 radical (unpaired) electrons. The summed E-state index contributed by atoms with van der Waals surface area (Å²) in [6.07, 6.45) is 0. The van der Waals surface area contributed by atoms with Gasteiger partial charge in [-0.3, -0.25) is 0 Å². The average molecular weight is 717 g/mol. The van der Waals surface area contributed by atoms with Gasteiger partial charge in [0.25, 0.3) is 0 Å². The van der Waals surface area contributed by atoms with Crippen molar-refractivity contribution in [2.45, 2.75) is 9.79 Å². The molecule has 0 unspecified atom stereocenters. The molecule has 0 aliphatic carbocycles. The first kappa shape index (κ1) is 30.6. The molecule has 0 amide bonds. The van der Waals surface area contributed by atoms with Gasteiger partial charge >= 0.3 is 0 Å². The van der Waals surface area contributed by atoms with Crippen molar-refractivity contribution in [3.05, 3.63) is 194 Å². The number of hydrogen-bond donors (Lipinski definition) is 0. The fourth-order valence-corrected chi connectivity index (χ4v) is 10.1. The van der Waals surface area contributed by atoms with Gasteiger partial charge in [0.15, 0.2) is 0 Å². The number of aromatic nitrogens is 1. The molecule has 0 bridgehead atoms. The van der Waals surface area contributed by atoms with Gasteiger partial charge in [0.05, 0.1) is 22.4 Å². The number of fused-ring (bicyclic) bond motifs is 12. The highest BCUT2D eigenvalue weighted by Gasteiger charge is 2.25. The summed E-state index contributed by atoms with van der Waals surface area (Å²) in [5, 5.41) is 12.7. The van der Waals surface area contributed by atoms with Crippen LogP contribution in [0.15, 0.2) is 204 Å². The van der Waals surface area contributed by atoms with E-state index in [4.69, 9.17) is 0 Å². The second-order valence-corrected chi connectivity index (χ2v) is 15.6. The van der Waals surface area contributed by atoms with Crippen molar-refractivity contribution >= 4 is 93.7 Å². The van der Waals surface area contributed by atoms with Crippen LogP contribution in [0.1, 0.15) is 0 Å². The fraction of sp³-hybridized carbons (Fsp3) is 0. The topological polar surface area (TPSA) is 8.17 Å². The van der Waals surface area contributed by atoms with Crippen molar-refractivity contribution in [1.82, 2.24) is 4.57 Å². The quantitative estimate of drug-likeness (QED) is 0.168. The summed E-state index contributed by atoms with van der Waals surface area (Å²) in [6, 6.07) is 71.6. The van der Waals surface area contributed by atoms with Crippen LogP contribution < -0.4 is 4.90 Å². The zero-order chi connectivity index (χ0) is 36.0. The van der Waals surface area contributed by atoms with Crippen LogP contribution in [0.2, 0.25) is 0 Å². The highest BCUT2D eigenvalue weighted by Crippen LogP contribution is 2.52. The maximum absolute atomic E-state index is 2.44. The molecular formula is C52H32N2S. The molecule has 2 heterocycles. The maximum Gasteiger partial charge on any atom is 0.0602 e. The van der Waals surface area contributed by atoms with Crippen LogP contribution in [0, 0.1) is 0 Å². The molecule has 0 fully saturated rings. The van der Waals surface area contributed by atoms with Gasteiger partial charge in [-0.1, -0.05) is 139 Å². The molecule has 12 rings (SSSR count). The Morgan fingerprint density at radius 1 is 0.309 bits per heavy atom. The molecule has 256 valence electrons. The third-order valence-electron chi connectivity index (χ3n) is 11.5. The molecule has 1 aliphatic heterocycles. The van der Waals surface area contributed by atoms with Gasteiger partial charge in [-0.15, -0.1) is 0 Å². The van der Waals surface area contributed by atoms with Gasteiger partial charge in [0, 0.05) is 31.9 Å². The lowest BCUT2D eigenvalue weighted by Crippen LogP contribution is -2.14. The van der Waals surface area contributed by atoms with Crippen LogP contribution in [0.3, 0.4) is 0 Å². The van der Waals surface area contributed by atoms with Crippen molar-refractivity contribution < 1.29 is 0 Å². The number of benzene rings is 10. The second-order valence-electron chi connectivity index (χ2n) is 14.5. The predicted molar refractivity (Wildman–Crippen MR) is 235 cm³/mol. The van der Waals surface area contributed by atoms with Gasteiger partial charge in [-0.25, -0.2) is 0 Å². The fourth-order valence-electron chi connectivity index (χ4n) is 9.00. The van der Waals surface area contributed by atoms with Gasteiger partial charge in [0.1, 0.15) is 0 Å². The molecule has 0 saturated heterocycles. The number of para-hydroxylation sites is 2. The van der Waals surface area contributed by atoms with E-state index < -0.39 is 0 Å². The van der Waals surface area contributed by atoms with Crippen molar-refractivity contribution in [3.63, 3.8) is 0 Å². The normalized spacial score (nSPS) is 12.6. The monoisotopic (exact) mass is 716 g/mol. The van der Waals surface area contributed by atoms with E-state index in [-0.39, 0.29) is 0 Å². The molecule has 0 N–H and O–H groups in total. The minimum Gasteiger partial charge on any atom is -0.309 e. The summed E-state index contributed by atoms with van der Waals surface area (Å²) < 4.78 is 2.44. The largest absolute Gasteiger partial charge is 0.309 e. The summed E-state index contributed by atoms with van der Waals surface area (Å²) in [5.74, 6) is 0. The first-order valence-corrected chi connectivity index (χ1v) is 19.7. The molecule has 11 aromatic rings. The van der Waals surface area contributed by atoms with Crippen molar-refractivity contribution in [3.8, 4) is 16.8 Å². The first-order chi connectivity index (χ1) is 27.3. The Hall–Kier alpha value is -6.81. The van der Waals surface area contributed by atoms with Gasteiger partial charge < -0.3 is 9.47 Å². The number of nitrogens with zero attached hydrogens (tertiary/aromatic N) is 2. The summed E-state index contributed by atoms with van der Waals surface area (Å²) in [6.45, 7) is 0. The summed E-state index contributed by atoms with van der Waals surface area (Å²) >= 11 is 1.86. The molecule has 0 saturated carbocycles. The lowest BCUT2D eigenvalue weighted by molar-refractivity contribution is 1.17. The third kappa shape index (κ3) is 4.64. The Bertz CT molecular complexity index is 3340. The first-order valence-electron chi connectivity index (χ1n) is 18.8. The molecule has 1 aromatic heterocycles. The van der Waals surface area contributed by atoms with E-state index in [1.54, 1.807) is 0 Å². The zero-order valence-corrected chi connectivity index (χ0v) is 30.6. The van der Waals surface area contributed by atoms with Crippen LogP contribution in [-0.4, -0.2) is 4.57 Å². The maximum atomic E-state index is 2.44. The summed E-state index contributed by atoms with van der Waals surface area (Å²) in [4.78, 5) is 4.93. The SMILES string of the molecule is c1ccc2c(c1)Sc1cc(-c3ccc4c(c3)c3ccccc3n4-c3ccc4c5ccccc5c5ccccc5c4c3)ccc1N2c1ccc2ccccc2c1. The predicted octanol–water partition coefficient (Wildman–Crippen LogP) is 15.0. The van der Waals surface area contributed by atoms with E-state index in [1.165, 1.54) is 109 Å². The van der Waals surface area contributed by atoms with Gasteiger partial charge in [-0.05, 0) is 121 Å². The Morgan fingerprint density at radius 3 is 1.71 bits per heavy atom. The molecular weight excluding hydrogens is 685 g/mol. The number of anilines is 3. The highest BCUT2D eigenvalue weighted by molar-refractivity contribution is 7.99. The van der Waals surface area contributed by atoms with Crippen molar-refractivity contribution in [2.75, 3.05) is 4.90 Å². The van der Waals surface area contributed by atoms with Crippen molar-refractivity contribution in [2.24, 2.45) is 0 Å².